The fraction of sp³-hybridized carbons (Fsp3) is 0.429. The first-order chi connectivity index (χ1) is 5.70. The van der Waals surface area contributed by atoms with Gasteiger partial charge >= 0.3 is 6.16 Å². The molecule has 0 aromatic heterocycles. The number of carbonyl (C=O) groups excluding carboxylic acids is 2. The van der Waals surface area contributed by atoms with Crippen LogP contribution in [0.3, 0.4) is 0 Å². The van der Waals surface area contributed by atoms with E-state index in [9.17, 15) is 9.59 Å². The molecule has 0 saturated carbocycles. The van der Waals surface area contributed by atoms with Gasteiger partial charge in [-0.1, -0.05) is 6.08 Å². The van der Waals surface area contributed by atoms with Crippen LogP contribution < -0.4 is 5.32 Å². The van der Waals surface area contributed by atoms with E-state index in [4.69, 9.17) is 0 Å². The third kappa shape index (κ3) is 5.28. The molecule has 0 heterocycles. The summed E-state index contributed by atoms with van der Waals surface area (Å²) in [5.41, 5.74) is 0. The van der Waals surface area contributed by atoms with Crippen molar-refractivity contribution in [1.29, 1.82) is 0 Å². The normalized spacial score (nSPS) is 9.50. The molecule has 0 aromatic rings. The summed E-state index contributed by atoms with van der Waals surface area (Å²) in [5.74, 6) is -0.318. The van der Waals surface area contributed by atoms with Crippen LogP contribution in [0.2, 0.25) is 0 Å². The number of rotatable bonds is 3. The summed E-state index contributed by atoms with van der Waals surface area (Å²) in [7, 11) is 1.19. The summed E-state index contributed by atoms with van der Waals surface area (Å²) in [5, 5.41) is 2.30. The van der Waals surface area contributed by atoms with Crippen molar-refractivity contribution in [2.75, 3.05) is 13.8 Å². The Morgan fingerprint density at radius 1 is 1.50 bits per heavy atom. The summed E-state index contributed by atoms with van der Waals surface area (Å²) in [6.07, 6.45) is 2.07. The lowest BCUT2D eigenvalue weighted by Gasteiger charge is -2.02. The van der Waals surface area contributed by atoms with Crippen LogP contribution in [0.25, 0.3) is 0 Å². The molecule has 0 aliphatic rings. The Labute approximate surface area is 70.3 Å². The van der Waals surface area contributed by atoms with E-state index in [0.29, 0.717) is 0 Å². The second kappa shape index (κ2) is 6.21. The van der Waals surface area contributed by atoms with Crippen LogP contribution in [0.5, 0.6) is 0 Å². The molecule has 0 spiro atoms. The topological polar surface area (TPSA) is 64.6 Å². The molecule has 0 unspecified atom stereocenters. The second-order valence-corrected chi connectivity index (χ2v) is 1.78. The lowest BCUT2D eigenvalue weighted by Crippen LogP contribution is -2.25. The minimum Gasteiger partial charge on any atom is -0.438 e. The van der Waals surface area contributed by atoms with Gasteiger partial charge in [0, 0.05) is 0 Å². The quantitative estimate of drug-likeness (QED) is 0.381. The highest BCUT2D eigenvalue weighted by atomic mass is 16.7. The van der Waals surface area contributed by atoms with Gasteiger partial charge in [-0.3, -0.25) is 4.79 Å². The number of allylic oxidation sites excluding steroid dienone is 1. The molecule has 12 heavy (non-hydrogen) atoms. The fourth-order valence-electron chi connectivity index (χ4n) is 0.435. The molecule has 5 nitrogen and oxygen atoms in total. The number of hydrogen-bond donors (Lipinski definition) is 1. The third-order valence-corrected chi connectivity index (χ3v) is 0.921. The molecule has 0 rings (SSSR count). The Morgan fingerprint density at radius 2 is 2.17 bits per heavy atom. The van der Waals surface area contributed by atoms with Gasteiger partial charge < -0.3 is 14.8 Å². The number of methoxy groups -OCH3 is 1. The maximum atomic E-state index is 10.7. The first-order valence-corrected chi connectivity index (χ1v) is 3.32. The van der Waals surface area contributed by atoms with E-state index in [2.05, 4.69) is 14.8 Å². The molecule has 0 aromatic carbocycles. The van der Waals surface area contributed by atoms with E-state index in [0.717, 1.165) is 0 Å². The van der Waals surface area contributed by atoms with Gasteiger partial charge in [-0.25, -0.2) is 4.79 Å². The molecule has 0 atom stereocenters. The Balaban J connectivity index is 3.43. The highest BCUT2D eigenvalue weighted by molar-refractivity contribution is 5.87. The molecule has 0 radical (unpaired) electrons. The van der Waals surface area contributed by atoms with Crippen molar-refractivity contribution in [3.63, 3.8) is 0 Å². The van der Waals surface area contributed by atoms with Crippen molar-refractivity contribution >= 4 is 12.1 Å². The Kier molecular flexibility index (Phi) is 5.42. The van der Waals surface area contributed by atoms with Gasteiger partial charge in [0.15, 0.2) is 6.73 Å². The third-order valence-electron chi connectivity index (χ3n) is 0.921. The predicted octanol–water partition coefficient (Wildman–Crippen LogP) is 0.419. The van der Waals surface area contributed by atoms with Gasteiger partial charge in [-0.05, 0) is 13.0 Å². The Bertz CT molecular complexity index is 188. The number of carbonyl (C=O) groups is 2. The zero-order valence-electron chi connectivity index (χ0n) is 6.99. The summed E-state index contributed by atoms with van der Waals surface area (Å²) in [4.78, 5) is 21.0. The molecule has 0 bridgehead atoms. The van der Waals surface area contributed by atoms with E-state index >= 15 is 0 Å². The maximum absolute atomic E-state index is 10.7. The SMILES string of the molecule is C/C=C/C(=O)NCOC(=O)OC. The van der Waals surface area contributed by atoms with Crippen molar-refractivity contribution in [2.24, 2.45) is 0 Å². The lowest BCUT2D eigenvalue weighted by molar-refractivity contribution is -0.117. The monoisotopic (exact) mass is 173 g/mol. The zero-order valence-corrected chi connectivity index (χ0v) is 6.99. The summed E-state index contributed by atoms with van der Waals surface area (Å²) in [6.45, 7) is 1.52. The predicted molar refractivity (Wildman–Crippen MR) is 41.3 cm³/mol. The van der Waals surface area contributed by atoms with Crippen LogP contribution in [0.1, 0.15) is 6.92 Å². The molecule has 1 N–H and O–H groups in total. The van der Waals surface area contributed by atoms with Crippen LogP contribution >= 0.6 is 0 Å². The molecule has 5 heteroatoms. The van der Waals surface area contributed by atoms with Crippen LogP contribution in [0, 0.1) is 0 Å². The van der Waals surface area contributed by atoms with Crippen molar-refractivity contribution in [3.8, 4) is 0 Å². The van der Waals surface area contributed by atoms with E-state index in [1.165, 1.54) is 13.2 Å². The van der Waals surface area contributed by atoms with Crippen molar-refractivity contribution in [1.82, 2.24) is 5.32 Å². The molecular formula is C7H11NO4. The van der Waals surface area contributed by atoms with Gasteiger partial charge in [0.05, 0.1) is 7.11 Å². The smallest absolute Gasteiger partial charge is 0.438 e. The van der Waals surface area contributed by atoms with Crippen LogP contribution in [0.15, 0.2) is 12.2 Å². The zero-order chi connectivity index (χ0) is 9.40. The molecule has 0 fully saturated rings. The fourth-order valence-corrected chi connectivity index (χ4v) is 0.435. The van der Waals surface area contributed by atoms with Crippen molar-refractivity contribution in [2.45, 2.75) is 6.92 Å². The summed E-state index contributed by atoms with van der Waals surface area (Å²) in [6, 6.07) is 0. The van der Waals surface area contributed by atoms with Crippen LogP contribution in [-0.4, -0.2) is 25.9 Å². The highest BCUT2D eigenvalue weighted by Gasteiger charge is 1.99. The van der Waals surface area contributed by atoms with Crippen molar-refractivity contribution < 1.29 is 19.1 Å². The molecular weight excluding hydrogens is 162 g/mol. The van der Waals surface area contributed by atoms with E-state index in [1.54, 1.807) is 13.0 Å². The Hall–Kier alpha value is -1.52. The second-order valence-electron chi connectivity index (χ2n) is 1.78. The summed E-state index contributed by atoms with van der Waals surface area (Å²) >= 11 is 0. The highest BCUT2D eigenvalue weighted by Crippen LogP contribution is 1.79. The molecule has 0 aliphatic heterocycles. The largest absolute Gasteiger partial charge is 0.509 e. The van der Waals surface area contributed by atoms with Gasteiger partial charge in [0.25, 0.3) is 0 Å². The molecule has 0 saturated heterocycles. The first-order valence-electron chi connectivity index (χ1n) is 3.32. The molecule has 0 aliphatic carbocycles. The number of amides is 1. The number of ether oxygens (including phenoxy) is 2. The standard InChI is InChI=1S/C7H11NO4/c1-3-4-6(9)8-5-12-7(10)11-2/h3-4H,5H2,1-2H3,(H,8,9)/b4-3+. The van der Waals surface area contributed by atoms with Gasteiger partial charge in [0.1, 0.15) is 0 Å². The van der Waals surface area contributed by atoms with Gasteiger partial charge in [-0.15, -0.1) is 0 Å². The van der Waals surface area contributed by atoms with Crippen LogP contribution in [-0.2, 0) is 14.3 Å². The Morgan fingerprint density at radius 3 is 2.67 bits per heavy atom. The van der Waals surface area contributed by atoms with E-state index < -0.39 is 6.16 Å². The number of nitrogens with one attached hydrogen (secondary N) is 1. The lowest BCUT2D eigenvalue weighted by atomic mass is 10.5. The molecule has 1 amide bonds. The minimum atomic E-state index is -0.823. The summed E-state index contributed by atoms with van der Waals surface area (Å²) < 4.78 is 8.54. The van der Waals surface area contributed by atoms with Gasteiger partial charge in [-0.2, -0.15) is 0 Å². The maximum Gasteiger partial charge on any atom is 0.509 e. The van der Waals surface area contributed by atoms with Crippen molar-refractivity contribution in [3.05, 3.63) is 12.2 Å². The number of hydrogen-bond acceptors (Lipinski definition) is 4. The van der Waals surface area contributed by atoms with Gasteiger partial charge in [0.2, 0.25) is 5.91 Å². The van der Waals surface area contributed by atoms with Crippen LogP contribution in [0.4, 0.5) is 4.79 Å². The minimum absolute atomic E-state index is 0.185. The first kappa shape index (κ1) is 10.5. The average molecular weight is 173 g/mol. The molecule has 68 valence electrons. The van der Waals surface area contributed by atoms with E-state index in [-0.39, 0.29) is 12.6 Å². The average Bonchev–Trinajstić information content (AvgIpc) is 2.04. The van der Waals surface area contributed by atoms with E-state index in [1.807, 2.05) is 0 Å².